The lowest BCUT2D eigenvalue weighted by Crippen LogP contribution is -2.46. The Kier molecular flexibility index (Phi) is 4.25. The van der Waals surface area contributed by atoms with Crippen molar-refractivity contribution >= 4 is 23.1 Å². The van der Waals surface area contributed by atoms with Gasteiger partial charge in [0.05, 0.1) is 0 Å². The first-order valence-electron chi connectivity index (χ1n) is 9.47. The molecule has 1 N–H and O–H groups in total. The van der Waals surface area contributed by atoms with E-state index in [4.69, 9.17) is 9.72 Å². The van der Waals surface area contributed by atoms with E-state index in [0.717, 1.165) is 42.9 Å². The molecule has 0 bridgehead atoms. The number of alkyl carbamates (subject to hydrolysis) is 1. The van der Waals surface area contributed by atoms with Gasteiger partial charge in [0.25, 0.3) is 0 Å². The van der Waals surface area contributed by atoms with Crippen molar-refractivity contribution in [3.63, 3.8) is 0 Å². The molecule has 2 fully saturated rings. The molecule has 2 aromatic rings. The van der Waals surface area contributed by atoms with Crippen LogP contribution < -0.4 is 10.2 Å². The number of hydrogen-bond donors (Lipinski definition) is 1. The molecule has 3 heterocycles. The summed E-state index contributed by atoms with van der Waals surface area (Å²) in [6.45, 7) is 7.28. The number of amides is 1. The van der Waals surface area contributed by atoms with Crippen LogP contribution in [0.15, 0.2) is 18.5 Å². The minimum Gasteiger partial charge on any atom is -0.444 e. The van der Waals surface area contributed by atoms with Gasteiger partial charge in [0.2, 0.25) is 5.95 Å². The van der Waals surface area contributed by atoms with Crippen molar-refractivity contribution in [2.24, 2.45) is 0 Å². The van der Waals surface area contributed by atoms with Gasteiger partial charge >= 0.3 is 6.09 Å². The maximum Gasteiger partial charge on any atom is 0.407 e. The van der Waals surface area contributed by atoms with Crippen LogP contribution in [0.2, 0.25) is 0 Å². The number of nitrogens with zero attached hydrogens (tertiary/aromatic N) is 4. The molecule has 1 saturated heterocycles. The standard InChI is InChI=1S/C19H27N5O2/c1-19(2,3)26-18(25)21-14-7-9-23(10-8-14)17-20-12-13-6-11-24(15-4-5-15)16(13)22-17/h6,11-12,14-15H,4-5,7-10H2,1-3H3,(H,21,25). The summed E-state index contributed by atoms with van der Waals surface area (Å²) in [6, 6.07) is 2.84. The number of carbonyl (C=O) groups excluding carboxylic acids is 1. The highest BCUT2D eigenvalue weighted by atomic mass is 16.6. The van der Waals surface area contributed by atoms with Crippen LogP contribution in [0.25, 0.3) is 11.0 Å². The van der Waals surface area contributed by atoms with Gasteiger partial charge in [-0.2, -0.15) is 4.98 Å². The average molecular weight is 357 g/mol. The lowest BCUT2D eigenvalue weighted by atomic mass is 10.1. The van der Waals surface area contributed by atoms with Gasteiger partial charge in [0.1, 0.15) is 11.2 Å². The number of fused-ring (bicyclic) bond motifs is 1. The van der Waals surface area contributed by atoms with Gasteiger partial charge in [-0.1, -0.05) is 0 Å². The number of aromatic nitrogens is 3. The van der Waals surface area contributed by atoms with Crippen LogP contribution in [-0.4, -0.2) is 45.4 Å². The first-order valence-corrected chi connectivity index (χ1v) is 9.47. The maximum absolute atomic E-state index is 11.9. The van der Waals surface area contributed by atoms with E-state index in [0.29, 0.717) is 6.04 Å². The summed E-state index contributed by atoms with van der Waals surface area (Å²) in [6.07, 6.45) is 7.92. The van der Waals surface area contributed by atoms with Gasteiger partial charge in [0.15, 0.2) is 0 Å². The van der Waals surface area contributed by atoms with Crippen LogP contribution in [0.1, 0.15) is 52.5 Å². The molecule has 2 aliphatic rings. The molecular formula is C19H27N5O2. The van der Waals surface area contributed by atoms with Crippen LogP contribution in [-0.2, 0) is 4.74 Å². The fourth-order valence-electron chi connectivity index (χ4n) is 3.43. The summed E-state index contributed by atoms with van der Waals surface area (Å²) in [7, 11) is 0. The fourth-order valence-corrected chi connectivity index (χ4v) is 3.43. The molecule has 1 amide bonds. The summed E-state index contributed by atoms with van der Waals surface area (Å²) >= 11 is 0. The second-order valence-electron chi connectivity index (χ2n) is 8.31. The Balaban J connectivity index is 1.38. The second-order valence-corrected chi connectivity index (χ2v) is 8.31. The molecule has 0 spiro atoms. The second kappa shape index (κ2) is 6.45. The highest BCUT2D eigenvalue weighted by Crippen LogP contribution is 2.37. The molecule has 140 valence electrons. The number of carbonyl (C=O) groups is 1. The zero-order valence-corrected chi connectivity index (χ0v) is 15.7. The van der Waals surface area contributed by atoms with Gasteiger partial charge in [-0.05, 0) is 52.5 Å². The van der Waals surface area contributed by atoms with Crippen LogP contribution in [0.5, 0.6) is 0 Å². The Morgan fingerprint density at radius 1 is 1.23 bits per heavy atom. The number of hydrogen-bond acceptors (Lipinski definition) is 5. The highest BCUT2D eigenvalue weighted by molar-refractivity contribution is 5.76. The Bertz CT molecular complexity index is 798. The largest absolute Gasteiger partial charge is 0.444 e. The monoisotopic (exact) mass is 357 g/mol. The van der Waals surface area contributed by atoms with E-state index in [1.54, 1.807) is 0 Å². The molecule has 0 radical (unpaired) electrons. The first-order chi connectivity index (χ1) is 12.4. The van der Waals surface area contributed by atoms with E-state index in [9.17, 15) is 4.79 Å². The SMILES string of the molecule is CC(C)(C)OC(=O)NC1CCN(c2ncc3ccn(C4CC4)c3n2)CC1. The van der Waals surface area contributed by atoms with E-state index in [2.05, 4.69) is 32.0 Å². The topological polar surface area (TPSA) is 72.3 Å². The van der Waals surface area contributed by atoms with Crippen molar-refractivity contribution < 1.29 is 9.53 Å². The molecule has 1 saturated carbocycles. The van der Waals surface area contributed by atoms with E-state index in [1.807, 2.05) is 27.0 Å². The third-order valence-corrected chi connectivity index (χ3v) is 4.88. The zero-order valence-electron chi connectivity index (χ0n) is 15.7. The molecule has 1 aliphatic carbocycles. The lowest BCUT2D eigenvalue weighted by Gasteiger charge is -2.32. The van der Waals surface area contributed by atoms with Crippen molar-refractivity contribution in [1.82, 2.24) is 19.9 Å². The first kappa shape index (κ1) is 17.1. The minimum absolute atomic E-state index is 0.139. The van der Waals surface area contributed by atoms with Gasteiger partial charge in [-0.15, -0.1) is 0 Å². The van der Waals surface area contributed by atoms with Gasteiger partial charge in [0, 0.05) is 43.0 Å². The van der Waals surface area contributed by atoms with Crippen LogP contribution in [0, 0.1) is 0 Å². The third-order valence-electron chi connectivity index (χ3n) is 4.88. The van der Waals surface area contributed by atoms with Crippen molar-refractivity contribution in [2.75, 3.05) is 18.0 Å². The van der Waals surface area contributed by atoms with Crippen LogP contribution >= 0.6 is 0 Å². The summed E-state index contributed by atoms with van der Waals surface area (Å²) in [5.74, 6) is 0.786. The van der Waals surface area contributed by atoms with E-state index in [-0.39, 0.29) is 12.1 Å². The molecule has 26 heavy (non-hydrogen) atoms. The van der Waals surface area contributed by atoms with Gasteiger partial charge in [-0.25, -0.2) is 9.78 Å². The van der Waals surface area contributed by atoms with Crippen LogP contribution in [0.4, 0.5) is 10.7 Å². The Morgan fingerprint density at radius 3 is 2.62 bits per heavy atom. The van der Waals surface area contributed by atoms with Gasteiger partial charge in [-0.3, -0.25) is 0 Å². The number of piperidine rings is 1. The van der Waals surface area contributed by atoms with E-state index < -0.39 is 5.60 Å². The smallest absolute Gasteiger partial charge is 0.407 e. The van der Waals surface area contributed by atoms with Crippen molar-refractivity contribution in [3.8, 4) is 0 Å². The Labute approximate surface area is 153 Å². The predicted molar refractivity (Wildman–Crippen MR) is 100 cm³/mol. The van der Waals surface area contributed by atoms with E-state index in [1.165, 1.54) is 12.8 Å². The van der Waals surface area contributed by atoms with Crippen molar-refractivity contribution in [1.29, 1.82) is 0 Å². The summed E-state index contributed by atoms with van der Waals surface area (Å²) in [5, 5.41) is 4.07. The lowest BCUT2D eigenvalue weighted by molar-refractivity contribution is 0.0497. The molecular weight excluding hydrogens is 330 g/mol. The molecule has 1 aliphatic heterocycles. The molecule has 7 heteroatoms. The number of nitrogens with one attached hydrogen (secondary N) is 1. The normalized spacial score (nSPS) is 19.0. The zero-order chi connectivity index (χ0) is 18.3. The number of anilines is 1. The molecule has 4 rings (SSSR count). The fraction of sp³-hybridized carbons (Fsp3) is 0.632. The Morgan fingerprint density at radius 2 is 1.96 bits per heavy atom. The summed E-state index contributed by atoms with van der Waals surface area (Å²) in [4.78, 5) is 23.5. The Hall–Kier alpha value is -2.31. The minimum atomic E-state index is -0.468. The molecule has 0 atom stereocenters. The molecule has 0 unspecified atom stereocenters. The predicted octanol–water partition coefficient (Wildman–Crippen LogP) is 3.26. The third kappa shape index (κ3) is 3.76. The summed E-state index contributed by atoms with van der Waals surface area (Å²) < 4.78 is 7.62. The van der Waals surface area contributed by atoms with Crippen molar-refractivity contribution in [2.45, 2.75) is 64.1 Å². The molecule has 0 aromatic carbocycles. The van der Waals surface area contributed by atoms with Crippen molar-refractivity contribution in [3.05, 3.63) is 18.5 Å². The average Bonchev–Trinajstić information content (AvgIpc) is 3.33. The highest BCUT2D eigenvalue weighted by Gasteiger charge is 2.27. The van der Waals surface area contributed by atoms with E-state index >= 15 is 0 Å². The maximum atomic E-state index is 11.9. The van der Waals surface area contributed by atoms with Gasteiger partial charge < -0.3 is 19.5 Å². The number of ether oxygens (including phenoxy) is 1. The summed E-state index contributed by atoms with van der Waals surface area (Å²) in [5.41, 5.74) is 0.566. The van der Waals surface area contributed by atoms with Crippen LogP contribution in [0.3, 0.4) is 0 Å². The molecule has 2 aromatic heterocycles. The number of rotatable bonds is 3. The quantitative estimate of drug-likeness (QED) is 0.913. The molecule has 7 nitrogen and oxygen atoms in total.